The molecule has 6 heteroatoms. The smallest absolute Gasteiger partial charge is 0.385 e. The van der Waals surface area contributed by atoms with Crippen LogP contribution in [0.1, 0.15) is 26.2 Å². The summed E-state index contributed by atoms with van der Waals surface area (Å²) in [5.74, 6) is 5.28. The van der Waals surface area contributed by atoms with E-state index in [-0.39, 0.29) is 18.4 Å². The number of nitrogens with one attached hydrogen (secondary N) is 1. The second-order valence-corrected chi connectivity index (χ2v) is 3.69. The molecule has 2 unspecified atom stereocenters. The lowest BCUT2D eigenvalue weighted by atomic mass is 9.95. The molecule has 0 amide bonds. The number of rotatable bonds is 7. The van der Waals surface area contributed by atoms with Crippen LogP contribution < -0.4 is 11.3 Å². The van der Waals surface area contributed by atoms with Gasteiger partial charge in [0.05, 0.1) is 0 Å². The van der Waals surface area contributed by atoms with Crippen LogP contribution in [0, 0.1) is 5.92 Å². The topological polar surface area (TPSA) is 47.3 Å². The molecule has 0 aliphatic carbocycles. The summed E-state index contributed by atoms with van der Waals surface area (Å²) < 4.78 is 40.8. The molecular formula is C9H19F3N2O. The third-order valence-corrected chi connectivity index (χ3v) is 2.42. The fraction of sp³-hybridized carbons (Fsp3) is 1.00. The Morgan fingerprint density at radius 2 is 1.93 bits per heavy atom. The molecule has 0 radical (unpaired) electrons. The highest BCUT2D eigenvalue weighted by Gasteiger charge is 2.29. The van der Waals surface area contributed by atoms with E-state index in [2.05, 4.69) is 5.43 Å². The van der Waals surface area contributed by atoms with Crippen LogP contribution in [0.3, 0.4) is 0 Å². The van der Waals surface area contributed by atoms with Crippen LogP contribution in [0.15, 0.2) is 0 Å². The largest absolute Gasteiger partial charge is 0.389 e. The molecule has 0 heterocycles. The molecule has 0 aromatic heterocycles. The first-order chi connectivity index (χ1) is 6.90. The Balaban J connectivity index is 3.90. The number of nitrogens with two attached hydrogens (primary N) is 1. The van der Waals surface area contributed by atoms with Gasteiger partial charge < -0.3 is 4.74 Å². The average molecular weight is 228 g/mol. The zero-order valence-electron chi connectivity index (χ0n) is 9.10. The minimum absolute atomic E-state index is 0.00484. The molecule has 15 heavy (non-hydrogen) atoms. The molecule has 3 nitrogen and oxygen atoms in total. The summed E-state index contributed by atoms with van der Waals surface area (Å²) in [6, 6.07) is -0.318. The molecule has 0 aromatic rings. The van der Waals surface area contributed by atoms with Gasteiger partial charge in [-0.1, -0.05) is 6.92 Å². The molecule has 0 fully saturated rings. The Bertz CT molecular complexity index is 164. The van der Waals surface area contributed by atoms with Crippen LogP contribution in [0.5, 0.6) is 0 Å². The molecule has 0 aliphatic rings. The first kappa shape index (κ1) is 14.7. The van der Waals surface area contributed by atoms with E-state index in [1.807, 2.05) is 6.92 Å². The summed E-state index contributed by atoms with van der Waals surface area (Å²) in [4.78, 5) is 0. The van der Waals surface area contributed by atoms with Gasteiger partial charge >= 0.3 is 6.18 Å². The predicted octanol–water partition coefficient (Wildman–Crippen LogP) is 1.83. The highest BCUT2D eigenvalue weighted by atomic mass is 19.4. The maximum atomic E-state index is 12.0. The summed E-state index contributed by atoms with van der Waals surface area (Å²) in [5, 5.41) is 0. The summed E-state index contributed by atoms with van der Waals surface area (Å²) in [6.07, 6.45) is -4.22. The Kier molecular flexibility index (Phi) is 6.87. The van der Waals surface area contributed by atoms with E-state index < -0.39 is 12.6 Å². The molecule has 0 saturated carbocycles. The van der Waals surface area contributed by atoms with Crippen molar-refractivity contribution >= 4 is 0 Å². The van der Waals surface area contributed by atoms with Gasteiger partial charge in [-0.25, -0.2) is 0 Å². The fourth-order valence-electron chi connectivity index (χ4n) is 1.36. The zero-order chi connectivity index (χ0) is 11.9. The Morgan fingerprint density at radius 3 is 2.33 bits per heavy atom. The first-order valence-corrected chi connectivity index (χ1v) is 4.92. The van der Waals surface area contributed by atoms with Crippen molar-refractivity contribution in [3.8, 4) is 0 Å². The van der Waals surface area contributed by atoms with Crippen LogP contribution in [0.25, 0.3) is 0 Å². The normalized spacial score (nSPS) is 16.4. The van der Waals surface area contributed by atoms with E-state index in [1.54, 1.807) is 7.11 Å². The maximum absolute atomic E-state index is 12.0. The molecule has 0 aliphatic heterocycles. The van der Waals surface area contributed by atoms with Crippen LogP contribution in [0.4, 0.5) is 13.2 Å². The van der Waals surface area contributed by atoms with Gasteiger partial charge in [0.15, 0.2) is 0 Å². The minimum Gasteiger partial charge on any atom is -0.385 e. The van der Waals surface area contributed by atoms with E-state index in [9.17, 15) is 13.2 Å². The third kappa shape index (κ3) is 7.58. The number of hydrogen-bond donors (Lipinski definition) is 2. The number of hydrogen-bond acceptors (Lipinski definition) is 3. The van der Waals surface area contributed by atoms with Gasteiger partial charge in [-0.3, -0.25) is 11.3 Å². The third-order valence-electron chi connectivity index (χ3n) is 2.42. The standard InChI is InChI=1S/C9H19F3N2O/c1-7(4-6-15-2)8(14-13)3-5-9(10,11)12/h7-8,14H,3-6,13H2,1-2H3. The van der Waals surface area contributed by atoms with Gasteiger partial charge in [-0.05, 0) is 18.8 Å². The lowest BCUT2D eigenvalue weighted by Crippen LogP contribution is -2.41. The van der Waals surface area contributed by atoms with Crippen LogP contribution in [0.2, 0.25) is 0 Å². The van der Waals surface area contributed by atoms with E-state index in [1.165, 1.54) is 0 Å². The zero-order valence-corrected chi connectivity index (χ0v) is 9.10. The van der Waals surface area contributed by atoms with Crippen LogP contribution in [-0.4, -0.2) is 25.9 Å². The Hall–Kier alpha value is -0.330. The van der Waals surface area contributed by atoms with Gasteiger partial charge in [0.25, 0.3) is 0 Å². The second-order valence-electron chi connectivity index (χ2n) is 3.69. The van der Waals surface area contributed by atoms with Crippen molar-refractivity contribution in [1.82, 2.24) is 5.43 Å². The lowest BCUT2D eigenvalue weighted by molar-refractivity contribution is -0.137. The van der Waals surface area contributed by atoms with Crippen molar-refractivity contribution < 1.29 is 17.9 Å². The van der Waals surface area contributed by atoms with Crippen molar-refractivity contribution in [3.05, 3.63) is 0 Å². The first-order valence-electron chi connectivity index (χ1n) is 4.92. The molecule has 0 spiro atoms. The van der Waals surface area contributed by atoms with Crippen molar-refractivity contribution in [1.29, 1.82) is 0 Å². The fourth-order valence-corrected chi connectivity index (χ4v) is 1.36. The van der Waals surface area contributed by atoms with E-state index in [0.29, 0.717) is 13.0 Å². The number of ether oxygens (including phenoxy) is 1. The predicted molar refractivity (Wildman–Crippen MR) is 52.1 cm³/mol. The molecule has 3 N–H and O–H groups in total. The number of halogens is 3. The number of methoxy groups -OCH3 is 1. The highest BCUT2D eigenvalue weighted by Crippen LogP contribution is 2.24. The molecule has 2 atom stereocenters. The van der Waals surface area contributed by atoms with Crippen LogP contribution >= 0.6 is 0 Å². The molecule has 0 aromatic carbocycles. The van der Waals surface area contributed by atoms with Gasteiger partial charge in [0.2, 0.25) is 0 Å². The molecular weight excluding hydrogens is 209 g/mol. The van der Waals surface area contributed by atoms with Gasteiger partial charge in [0.1, 0.15) is 0 Å². The molecule has 0 saturated heterocycles. The average Bonchev–Trinajstić information content (AvgIpc) is 2.13. The summed E-state index contributed by atoms with van der Waals surface area (Å²) >= 11 is 0. The quantitative estimate of drug-likeness (QED) is 0.516. The SMILES string of the molecule is COCCC(C)C(CCC(F)(F)F)NN. The Morgan fingerprint density at radius 1 is 1.33 bits per heavy atom. The van der Waals surface area contributed by atoms with E-state index in [4.69, 9.17) is 10.6 Å². The van der Waals surface area contributed by atoms with Crippen LogP contribution in [-0.2, 0) is 4.74 Å². The number of alkyl halides is 3. The highest BCUT2D eigenvalue weighted by molar-refractivity contribution is 4.72. The van der Waals surface area contributed by atoms with Crippen molar-refractivity contribution in [3.63, 3.8) is 0 Å². The summed E-state index contributed by atoms with van der Waals surface area (Å²) in [6.45, 7) is 2.39. The Labute approximate surface area is 88.1 Å². The molecule has 92 valence electrons. The van der Waals surface area contributed by atoms with E-state index in [0.717, 1.165) is 0 Å². The van der Waals surface area contributed by atoms with Gasteiger partial charge in [-0.15, -0.1) is 0 Å². The van der Waals surface area contributed by atoms with Crippen molar-refractivity contribution in [2.75, 3.05) is 13.7 Å². The summed E-state index contributed by atoms with van der Waals surface area (Å²) in [5.41, 5.74) is 2.43. The summed E-state index contributed by atoms with van der Waals surface area (Å²) in [7, 11) is 1.56. The maximum Gasteiger partial charge on any atom is 0.389 e. The lowest BCUT2D eigenvalue weighted by Gasteiger charge is -2.23. The molecule has 0 rings (SSSR count). The van der Waals surface area contributed by atoms with Crippen molar-refractivity contribution in [2.45, 2.75) is 38.4 Å². The van der Waals surface area contributed by atoms with Gasteiger partial charge in [-0.2, -0.15) is 13.2 Å². The van der Waals surface area contributed by atoms with E-state index >= 15 is 0 Å². The van der Waals surface area contributed by atoms with Crippen molar-refractivity contribution in [2.24, 2.45) is 11.8 Å². The number of hydrazine groups is 1. The minimum atomic E-state index is -4.12. The monoisotopic (exact) mass is 228 g/mol. The second kappa shape index (κ2) is 7.03. The molecule has 0 bridgehead atoms. The van der Waals surface area contributed by atoms with Gasteiger partial charge in [0, 0.05) is 26.2 Å².